The molecule has 3 aromatic rings. The summed E-state index contributed by atoms with van der Waals surface area (Å²) in [5.41, 5.74) is 2.83. The van der Waals surface area contributed by atoms with Gasteiger partial charge in [0.1, 0.15) is 5.69 Å². The molecule has 0 saturated heterocycles. The number of aromatic nitrogens is 2. The highest BCUT2D eigenvalue weighted by Crippen LogP contribution is 2.18. The second kappa shape index (κ2) is 8.49. The Morgan fingerprint density at radius 2 is 1.83 bits per heavy atom. The molecular formula is C22H21ClN4O2. The van der Waals surface area contributed by atoms with E-state index in [4.69, 9.17) is 11.6 Å². The van der Waals surface area contributed by atoms with Crippen molar-refractivity contribution in [1.82, 2.24) is 20.0 Å². The van der Waals surface area contributed by atoms with Crippen LogP contribution in [0.25, 0.3) is 0 Å². The van der Waals surface area contributed by atoms with Crippen LogP contribution in [0.4, 0.5) is 0 Å². The third-order valence-electron chi connectivity index (χ3n) is 4.91. The third-order valence-corrected chi connectivity index (χ3v) is 5.14. The number of nitrogens with one attached hydrogen (secondary N) is 1. The molecule has 148 valence electrons. The summed E-state index contributed by atoms with van der Waals surface area (Å²) >= 11 is 6.04. The number of benzene rings is 2. The molecule has 0 aliphatic carbocycles. The van der Waals surface area contributed by atoms with Crippen LogP contribution in [0.5, 0.6) is 0 Å². The summed E-state index contributed by atoms with van der Waals surface area (Å²) in [5.74, 6) is -0.399. The lowest BCUT2D eigenvalue weighted by atomic mass is 10.1. The minimum atomic E-state index is -0.267. The fourth-order valence-corrected chi connectivity index (χ4v) is 3.62. The van der Waals surface area contributed by atoms with Gasteiger partial charge in [-0.25, -0.2) is 0 Å². The van der Waals surface area contributed by atoms with E-state index >= 15 is 0 Å². The number of carbonyl (C=O) groups excluding carboxylic acids is 2. The van der Waals surface area contributed by atoms with Gasteiger partial charge in [0.05, 0.1) is 6.54 Å². The Balaban J connectivity index is 1.39. The number of rotatable bonds is 6. The summed E-state index contributed by atoms with van der Waals surface area (Å²) in [4.78, 5) is 27.0. The number of halogens is 1. The van der Waals surface area contributed by atoms with Crippen LogP contribution in [0.1, 0.15) is 32.1 Å². The summed E-state index contributed by atoms with van der Waals surface area (Å²) in [6, 6.07) is 19.0. The van der Waals surface area contributed by atoms with Crippen molar-refractivity contribution >= 4 is 23.4 Å². The Labute approximate surface area is 174 Å². The molecule has 0 unspecified atom stereocenters. The molecule has 2 aromatic carbocycles. The minimum Gasteiger partial charge on any atom is -0.350 e. The molecule has 2 amide bonds. The molecule has 1 aliphatic rings. The Hall–Kier alpha value is -3.12. The molecule has 0 saturated carbocycles. The Kier molecular flexibility index (Phi) is 5.62. The van der Waals surface area contributed by atoms with Gasteiger partial charge in [0, 0.05) is 30.7 Å². The maximum Gasteiger partial charge on any atom is 0.272 e. The van der Waals surface area contributed by atoms with E-state index < -0.39 is 0 Å². The van der Waals surface area contributed by atoms with Crippen LogP contribution in [-0.4, -0.2) is 39.6 Å². The molecule has 4 rings (SSSR count). The molecule has 2 heterocycles. The van der Waals surface area contributed by atoms with Crippen LogP contribution in [0.3, 0.4) is 0 Å². The largest absolute Gasteiger partial charge is 0.350 e. The monoisotopic (exact) mass is 408 g/mol. The summed E-state index contributed by atoms with van der Waals surface area (Å²) in [6.45, 7) is 2.08. The van der Waals surface area contributed by atoms with E-state index in [1.807, 2.05) is 48.5 Å². The number of hydrogen-bond acceptors (Lipinski definition) is 3. The number of amides is 2. The first kappa shape index (κ1) is 19.2. The molecular weight excluding hydrogens is 388 g/mol. The second-order valence-electron chi connectivity index (χ2n) is 6.99. The van der Waals surface area contributed by atoms with E-state index in [-0.39, 0.29) is 17.5 Å². The van der Waals surface area contributed by atoms with E-state index in [0.717, 1.165) is 17.5 Å². The van der Waals surface area contributed by atoms with Gasteiger partial charge in [-0.15, -0.1) is 0 Å². The van der Waals surface area contributed by atoms with Crippen LogP contribution in [-0.2, 0) is 19.5 Å². The van der Waals surface area contributed by atoms with Gasteiger partial charge in [0.25, 0.3) is 11.8 Å². The molecule has 0 bridgehead atoms. The normalized spacial score (nSPS) is 13.3. The standard InChI is InChI=1S/C22H21ClN4O2/c23-18-8-4-7-17(13-18)15-26-11-12-27-20(22(26)29)14-19(25-27)21(28)24-10-9-16-5-2-1-3-6-16/h1-8,13-14H,9-12,15H2,(H,24,28). The van der Waals surface area contributed by atoms with Crippen molar-refractivity contribution in [3.05, 3.63) is 88.2 Å². The van der Waals surface area contributed by atoms with Crippen molar-refractivity contribution in [2.24, 2.45) is 0 Å². The highest BCUT2D eigenvalue weighted by molar-refractivity contribution is 6.30. The van der Waals surface area contributed by atoms with Crippen LogP contribution >= 0.6 is 11.6 Å². The molecule has 1 aromatic heterocycles. The zero-order valence-electron chi connectivity index (χ0n) is 15.8. The quantitative estimate of drug-likeness (QED) is 0.681. The summed E-state index contributed by atoms with van der Waals surface area (Å²) in [7, 11) is 0. The maximum atomic E-state index is 12.8. The van der Waals surface area contributed by atoms with Gasteiger partial charge in [0.15, 0.2) is 5.69 Å². The summed E-state index contributed by atoms with van der Waals surface area (Å²) < 4.78 is 1.61. The van der Waals surface area contributed by atoms with E-state index in [1.54, 1.807) is 21.7 Å². The predicted molar refractivity (Wildman–Crippen MR) is 111 cm³/mol. The molecule has 7 heteroatoms. The first-order valence-corrected chi connectivity index (χ1v) is 9.91. The van der Waals surface area contributed by atoms with Crippen LogP contribution in [0, 0.1) is 0 Å². The van der Waals surface area contributed by atoms with Crippen molar-refractivity contribution in [1.29, 1.82) is 0 Å². The van der Waals surface area contributed by atoms with E-state index in [1.165, 1.54) is 0 Å². The Morgan fingerprint density at radius 1 is 1.03 bits per heavy atom. The van der Waals surface area contributed by atoms with Crippen molar-refractivity contribution < 1.29 is 9.59 Å². The fourth-order valence-electron chi connectivity index (χ4n) is 3.41. The van der Waals surface area contributed by atoms with Crippen LogP contribution in [0.2, 0.25) is 5.02 Å². The fraction of sp³-hybridized carbons (Fsp3) is 0.227. The first-order chi connectivity index (χ1) is 14.1. The number of carbonyl (C=O) groups is 2. The third kappa shape index (κ3) is 4.49. The molecule has 0 radical (unpaired) electrons. The molecule has 0 atom stereocenters. The van der Waals surface area contributed by atoms with Crippen molar-refractivity contribution in [2.45, 2.75) is 19.5 Å². The van der Waals surface area contributed by atoms with Gasteiger partial charge in [-0.1, -0.05) is 54.1 Å². The predicted octanol–water partition coefficient (Wildman–Crippen LogP) is 3.17. The van der Waals surface area contributed by atoms with Gasteiger partial charge in [-0.3, -0.25) is 14.3 Å². The van der Waals surface area contributed by atoms with Gasteiger partial charge in [-0.2, -0.15) is 5.10 Å². The highest BCUT2D eigenvalue weighted by Gasteiger charge is 2.27. The molecule has 1 aliphatic heterocycles. The van der Waals surface area contributed by atoms with E-state index in [9.17, 15) is 9.59 Å². The van der Waals surface area contributed by atoms with Gasteiger partial charge >= 0.3 is 0 Å². The summed E-state index contributed by atoms with van der Waals surface area (Å²) in [6.07, 6.45) is 0.743. The number of nitrogens with zero attached hydrogens (tertiary/aromatic N) is 3. The maximum absolute atomic E-state index is 12.8. The Morgan fingerprint density at radius 3 is 2.62 bits per heavy atom. The SMILES string of the molecule is O=C(NCCc1ccccc1)c1cc2n(n1)CCN(Cc1cccc(Cl)c1)C2=O. The molecule has 1 N–H and O–H groups in total. The second-order valence-corrected chi connectivity index (χ2v) is 7.42. The molecule has 6 nitrogen and oxygen atoms in total. The topological polar surface area (TPSA) is 67.2 Å². The Bertz CT molecular complexity index is 1030. The lowest BCUT2D eigenvalue weighted by Crippen LogP contribution is -2.39. The van der Waals surface area contributed by atoms with Crippen LogP contribution < -0.4 is 5.32 Å². The molecule has 29 heavy (non-hydrogen) atoms. The minimum absolute atomic E-state index is 0.132. The van der Waals surface area contributed by atoms with E-state index in [0.29, 0.717) is 36.9 Å². The zero-order chi connectivity index (χ0) is 20.2. The van der Waals surface area contributed by atoms with Gasteiger partial charge < -0.3 is 10.2 Å². The average Bonchev–Trinajstić information content (AvgIpc) is 3.16. The zero-order valence-corrected chi connectivity index (χ0v) is 16.6. The molecule has 0 spiro atoms. The highest BCUT2D eigenvalue weighted by atomic mass is 35.5. The first-order valence-electron chi connectivity index (χ1n) is 9.54. The van der Waals surface area contributed by atoms with Crippen LogP contribution in [0.15, 0.2) is 60.7 Å². The van der Waals surface area contributed by atoms with E-state index in [2.05, 4.69) is 10.4 Å². The lowest BCUT2D eigenvalue weighted by Gasteiger charge is -2.27. The summed E-state index contributed by atoms with van der Waals surface area (Å²) in [5, 5.41) is 7.84. The number of hydrogen-bond donors (Lipinski definition) is 1. The average molecular weight is 409 g/mol. The smallest absolute Gasteiger partial charge is 0.272 e. The molecule has 0 fully saturated rings. The van der Waals surface area contributed by atoms with Crippen molar-refractivity contribution in [3.8, 4) is 0 Å². The lowest BCUT2D eigenvalue weighted by molar-refractivity contribution is 0.0683. The van der Waals surface area contributed by atoms with Crippen molar-refractivity contribution in [3.63, 3.8) is 0 Å². The number of fused-ring (bicyclic) bond motifs is 1. The van der Waals surface area contributed by atoms with Gasteiger partial charge in [-0.05, 0) is 29.7 Å². The van der Waals surface area contributed by atoms with Crippen molar-refractivity contribution in [2.75, 3.05) is 13.1 Å². The van der Waals surface area contributed by atoms with Gasteiger partial charge in [0.2, 0.25) is 0 Å².